The lowest BCUT2D eigenvalue weighted by atomic mass is 10.1. The number of carbonyl (C=O) groups excluding carboxylic acids is 2. The summed E-state index contributed by atoms with van der Waals surface area (Å²) in [5, 5.41) is 0. The molecule has 0 aliphatic heterocycles. The second-order valence-electron chi connectivity index (χ2n) is 4.29. The van der Waals surface area contributed by atoms with Crippen LogP contribution in [0.1, 0.15) is 42.2 Å². The zero-order valence-electron chi connectivity index (χ0n) is 11.3. The molecule has 7 heteroatoms. The molecule has 6 nitrogen and oxygen atoms in total. The van der Waals surface area contributed by atoms with E-state index in [1.54, 1.807) is 6.07 Å². The summed E-state index contributed by atoms with van der Waals surface area (Å²) in [5.41, 5.74) is 11.2. The third-order valence-corrected chi connectivity index (χ3v) is 2.77. The van der Waals surface area contributed by atoms with Gasteiger partial charge in [-0.1, -0.05) is 25.6 Å². The predicted molar refractivity (Wildman–Crippen MR) is 79.9 cm³/mol. The van der Waals surface area contributed by atoms with Crippen LogP contribution in [0.3, 0.4) is 0 Å². The van der Waals surface area contributed by atoms with Crippen LogP contribution in [-0.2, 0) is 11.2 Å². The van der Waals surface area contributed by atoms with Crippen LogP contribution in [0.15, 0.2) is 18.3 Å². The molecule has 0 saturated carbocycles. The number of nitrogens with two attached hydrogens (primary N) is 1. The average molecular weight is 294 g/mol. The van der Waals surface area contributed by atoms with Gasteiger partial charge in [-0.3, -0.25) is 25.4 Å². The summed E-state index contributed by atoms with van der Waals surface area (Å²) in [4.78, 5) is 26.8. The lowest BCUT2D eigenvalue weighted by molar-refractivity contribution is -0.116. The molecule has 0 bridgehead atoms. The molecule has 0 spiro atoms. The van der Waals surface area contributed by atoms with E-state index in [2.05, 4.69) is 22.8 Å². The molecule has 1 aromatic heterocycles. The van der Waals surface area contributed by atoms with Crippen LogP contribution in [0, 0.1) is 0 Å². The highest BCUT2D eigenvalue weighted by Gasteiger charge is 2.07. The fraction of sp³-hybridized carbons (Fsp3) is 0.385. The van der Waals surface area contributed by atoms with E-state index in [1.165, 1.54) is 6.20 Å². The molecule has 0 aliphatic carbocycles. The summed E-state index contributed by atoms with van der Waals surface area (Å²) in [6, 6.07) is 3.53. The van der Waals surface area contributed by atoms with E-state index in [4.69, 9.17) is 18.0 Å². The molecule has 0 aliphatic rings. The second-order valence-corrected chi connectivity index (χ2v) is 4.78. The minimum Gasteiger partial charge on any atom is -0.369 e. The van der Waals surface area contributed by atoms with Crippen molar-refractivity contribution < 1.29 is 9.59 Å². The number of pyridine rings is 1. The smallest absolute Gasteiger partial charge is 0.271 e. The first-order valence-electron chi connectivity index (χ1n) is 6.35. The maximum Gasteiger partial charge on any atom is 0.271 e. The maximum absolute atomic E-state index is 11.8. The van der Waals surface area contributed by atoms with Crippen LogP contribution >= 0.6 is 12.2 Å². The maximum atomic E-state index is 11.8. The van der Waals surface area contributed by atoms with Crippen LogP contribution in [0.25, 0.3) is 0 Å². The van der Waals surface area contributed by atoms with E-state index in [9.17, 15) is 9.59 Å². The average Bonchev–Trinajstić information content (AvgIpc) is 2.42. The summed E-state index contributed by atoms with van der Waals surface area (Å²) in [6.45, 7) is 2.11. The molecular formula is C13H18N4O2S. The summed E-state index contributed by atoms with van der Waals surface area (Å²) in [7, 11) is 0. The van der Waals surface area contributed by atoms with Gasteiger partial charge in [0.25, 0.3) is 5.91 Å². The van der Waals surface area contributed by atoms with Crippen molar-refractivity contribution in [1.29, 1.82) is 0 Å². The van der Waals surface area contributed by atoms with Crippen LogP contribution in [0.4, 0.5) is 0 Å². The number of thiocarbonyl (C=S) groups is 1. The monoisotopic (exact) mass is 294 g/mol. The largest absolute Gasteiger partial charge is 0.369 e. The Morgan fingerprint density at radius 2 is 2.10 bits per heavy atom. The minimum absolute atomic E-state index is 0.107. The summed E-state index contributed by atoms with van der Waals surface area (Å²) in [6.07, 6.45) is 4.48. The van der Waals surface area contributed by atoms with Gasteiger partial charge in [0.1, 0.15) is 4.99 Å². The van der Waals surface area contributed by atoms with E-state index in [0.29, 0.717) is 5.56 Å². The number of carbonyl (C=O) groups is 2. The Morgan fingerprint density at radius 1 is 1.35 bits per heavy atom. The molecule has 0 fully saturated rings. The lowest BCUT2D eigenvalue weighted by Gasteiger charge is -2.08. The fourth-order valence-electron chi connectivity index (χ4n) is 1.47. The van der Waals surface area contributed by atoms with E-state index < -0.39 is 5.91 Å². The number of amides is 2. The first kappa shape index (κ1) is 16.0. The van der Waals surface area contributed by atoms with Gasteiger partial charge in [-0.15, -0.1) is 0 Å². The molecule has 0 saturated heterocycles. The van der Waals surface area contributed by atoms with E-state index >= 15 is 0 Å². The number of hydrogen-bond acceptors (Lipinski definition) is 4. The van der Waals surface area contributed by atoms with Gasteiger partial charge >= 0.3 is 0 Å². The third kappa shape index (κ3) is 5.75. The molecule has 0 radical (unpaired) electrons. The first-order chi connectivity index (χ1) is 9.52. The third-order valence-electron chi connectivity index (χ3n) is 2.52. The SMILES string of the molecule is CCCCc1ccc(C(=O)NNC(=S)CC(N)=O)cn1. The summed E-state index contributed by atoms with van der Waals surface area (Å²) < 4.78 is 0. The Bertz CT molecular complexity index is 488. The highest BCUT2D eigenvalue weighted by atomic mass is 32.1. The van der Waals surface area contributed by atoms with Crippen molar-refractivity contribution in [1.82, 2.24) is 15.8 Å². The molecule has 1 heterocycles. The molecule has 2 amide bonds. The standard InChI is InChI=1S/C13H18N4O2S/c1-2-3-4-10-6-5-9(8-15-10)13(19)17-16-12(20)7-11(14)18/h5-6,8H,2-4,7H2,1H3,(H2,14,18)(H,16,20)(H,17,19). The number of aryl methyl sites for hydroxylation is 1. The van der Waals surface area contributed by atoms with Crippen molar-refractivity contribution >= 4 is 29.0 Å². The highest BCUT2D eigenvalue weighted by Crippen LogP contribution is 2.04. The molecule has 0 aromatic carbocycles. The molecule has 1 rings (SSSR count). The molecule has 0 atom stereocenters. The predicted octanol–water partition coefficient (Wildman–Crippen LogP) is 0.861. The normalized spacial score (nSPS) is 9.85. The van der Waals surface area contributed by atoms with Gasteiger partial charge in [-0.05, 0) is 25.0 Å². The van der Waals surface area contributed by atoms with E-state index in [-0.39, 0.29) is 17.3 Å². The Labute approximate surface area is 123 Å². The number of hydrogen-bond donors (Lipinski definition) is 3. The minimum atomic E-state index is -0.557. The Hall–Kier alpha value is -2.02. The quantitative estimate of drug-likeness (QED) is 0.534. The van der Waals surface area contributed by atoms with Crippen molar-refractivity contribution in [3.05, 3.63) is 29.6 Å². The van der Waals surface area contributed by atoms with Crippen molar-refractivity contribution in [2.45, 2.75) is 32.6 Å². The van der Waals surface area contributed by atoms with Gasteiger partial charge < -0.3 is 5.73 Å². The van der Waals surface area contributed by atoms with Gasteiger partial charge in [0, 0.05) is 11.9 Å². The number of nitrogens with one attached hydrogen (secondary N) is 2. The molecular weight excluding hydrogens is 276 g/mol. The van der Waals surface area contributed by atoms with Gasteiger partial charge in [0.15, 0.2) is 0 Å². The summed E-state index contributed by atoms with van der Waals surface area (Å²) >= 11 is 4.82. The Kier molecular flexibility index (Phi) is 6.58. The number of hydrazine groups is 1. The second kappa shape index (κ2) is 8.21. The Morgan fingerprint density at radius 3 is 2.65 bits per heavy atom. The Balaban J connectivity index is 2.47. The molecule has 1 aromatic rings. The number of aromatic nitrogens is 1. The van der Waals surface area contributed by atoms with Gasteiger partial charge in [0.05, 0.1) is 12.0 Å². The topological polar surface area (TPSA) is 97.1 Å². The van der Waals surface area contributed by atoms with Gasteiger partial charge in [-0.2, -0.15) is 0 Å². The number of unbranched alkanes of at least 4 members (excludes halogenated alkanes) is 1. The van der Waals surface area contributed by atoms with Crippen LogP contribution in [0.2, 0.25) is 0 Å². The van der Waals surface area contributed by atoms with E-state index in [1.807, 2.05) is 6.07 Å². The highest BCUT2D eigenvalue weighted by molar-refractivity contribution is 7.80. The lowest BCUT2D eigenvalue weighted by Crippen LogP contribution is -2.42. The molecule has 108 valence electrons. The number of primary amides is 1. The zero-order valence-corrected chi connectivity index (χ0v) is 12.1. The van der Waals surface area contributed by atoms with Crippen LogP contribution in [0.5, 0.6) is 0 Å². The summed E-state index contributed by atoms with van der Waals surface area (Å²) in [5.74, 6) is -0.926. The number of nitrogens with zero attached hydrogens (tertiary/aromatic N) is 1. The first-order valence-corrected chi connectivity index (χ1v) is 6.76. The van der Waals surface area contributed by atoms with Crippen LogP contribution < -0.4 is 16.6 Å². The number of rotatable bonds is 6. The van der Waals surface area contributed by atoms with Crippen LogP contribution in [-0.4, -0.2) is 21.8 Å². The van der Waals surface area contributed by atoms with Gasteiger partial charge in [0.2, 0.25) is 5.91 Å². The van der Waals surface area contributed by atoms with Gasteiger partial charge in [-0.25, -0.2) is 0 Å². The molecule has 20 heavy (non-hydrogen) atoms. The van der Waals surface area contributed by atoms with Crippen molar-refractivity contribution in [2.24, 2.45) is 5.73 Å². The fourth-order valence-corrected chi connectivity index (χ4v) is 1.66. The molecule has 0 unspecified atom stereocenters. The van der Waals surface area contributed by atoms with E-state index in [0.717, 1.165) is 25.0 Å². The van der Waals surface area contributed by atoms with Crippen molar-refractivity contribution in [3.8, 4) is 0 Å². The zero-order chi connectivity index (χ0) is 15.0. The van der Waals surface area contributed by atoms with Crippen molar-refractivity contribution in [3.63, 3.8) is 0 Å². The van der Waals surface area contributed by atoms with Crippen molar-refractivity contribution in [2.75, 3.05) is 0 Å². The molecule has 4 N–H and O–H groups in total.